The molecule has 0 spiro atoms. The van der Waals surface area contributed by atoms with E-state index in [0.717, 1.165) is 5.56 Å². The molecule has 0 bridgehead atoms. The number of nitrogens with zero attached hydrogens (tertiary/aromatic N) is 1. The van der Waals surface area contributed by atoms with Crippen LogP contribution in [0.3, 0.4) is 0 Å². The van der Waals surface area contributed by atoms with Gasteiger partial charge in [0, 0.05) is 18.6 Å². The number of hydrogen-bond acceptors (Lipinski definition) is 6. The molecule has 1 fully saturated rings. The Morgan fingerprint density at radius 3 is 2.48 bits per heavy atom. The second kappa shape index (κ2) is 6.50. The van der Waals surface area contributed by atoms with E-state index in [2.05, 4.69) is 0 Å². The van der Waals surface area contributed by atoms with Crippen LogP contribution in [-0.2, 0) is 13.6 Å². The van der Waals surface area contributed by atoms with Gasteiger partial charge < -0.3 is 4.52 Å². The van der Waals surface area contributed by atoms with E-state index >= 15 is 0 Å². The van der Waals surface area contributed by atoms with Crippen molar-refractivity contribution >= 4 is 13.5 Å². The van der Waals surface area contributed by atoms with Gasteiger partial charge in [-0.1, -0.05) is 30.3 Å². The van der Waals surface area contributed by atoms with E-state index in [1.54, 1.807) is 0 Å². The molecule has 0 aliphatic carbocycles. The summed E-state index contributed by atoms with van der Waals surface area (Å²) in [6, 6.07) is 14.6. The summed E-state index contributed by atoms with van der Waals surface area (Å²) in [7, 11) is -3.77. The van der Waals surface area contributed by atoms with Crippen molar-refractivity contribution in [1.29, 1.82) is 0 Å². The van der Waals surface area contributed by atoms with Crippen LogP contribution in [0.4, 0.5) is 5.69 Å². The Kier molecular flexibility index (Phi) is 4.43. The second-order valence-electron chi connectivity index (χ2n) is 4.92. The Morgan fingerprint density at radius 1 is 1.13 bits per heavy atom. The molecule has 120 valence electrons. The molecule has 3 rings (SSSR count). The molecule has 1 saturated heterocycles. The Bertz CT molecular complexity index is 733. The molecule has 8 heteroatoms. The second-order valence-corrected chi connectivity index (χ2v) is 6.46. The fourth-order valence-electron chi connectivity index (χ4n) is 2.21. The van der Waals surface area contributed by atoms with Crippen molar-refractivity contribution in [2.45, 2.75) is 12.5 Å². The van der Waals surface area contributed by atoms with Gasteiger partial charge in [-0.2, -0.15) is 0 Å². The molecule has 0 radical (unpaired) electrons. The van der Waals surface area contributed by atoms with Crippen molar-refractivity contribution in [2.75, 3.05) is 6.61 Å². The highest BCUT2D eigenvalue weighted by Crippen LogP contribution is 2.56. The lowest BCUT2D eigenvalue weighted by Crippen LogP contribution is -2.16. The van der Waals surface area contributed by atoms with E-state index < -0.39 is 12.7 Å². The largest absolute Gasteiger partial charge is 0.530 e. The van der Waals surface area contributed by atoms with Crippen LogP contribution in [-0.4, -0.2) is 11.5 Å². The highest BCUT2D eigenvalue weighted by molar-refractivity contribution is 7.49. The third-order valence-electron chi connectivity index (χ3n) is 3.32. The van der Waals surface area contributed by atoms with Crippen molar-refractivity contribution in [3.05, 3.63) is 70.3 Å². The SMILES string of the molecule is O=[N+]([O-])c1ccc(OP2(=O)OCC[C@H](c3ccccc3)O2)cc1. The van der Waals surface area contributed by atoms with Crippen LogP contribution >= 0.6 is 7.82 Å². The number of benzene rings is 2. The first-order chi connectivity index (χ1) is 11.1. The molecule has 0 saturated carbocycles. The van der Waals surface area contributed by atoms with Gasteiger partial charge in [-0.15, -0.1) is 0 Å². The van der Waals surface area contributed by atoms with Gasteiger partial charge in [0.25, 0.3) is 5.69 Å². The molecule has 2 aromatic carbocycles. The lowest BCUT2D eigenvalue weighted by molar-refractivity contribution is -0.384. The third kappa shape index (κ3) is 3.76. The average Bonchev–Trinajstić information content (AvgIpc) is 2.56. The minimum absolute atomic E-state index is 0.0803. The van der Waals surface area contributed by atoms with E-state index in [1.165, 1.54) is 24.3 Å². The molecule has 23 heavy (non-hydrogen) atoms. The molecular formula is C15H14NO6P. The number of hydrogen-bond donors (Lipinski definition) is 0. The highest BCUT2D eigenvalue weighted by atomic mass is 31.2. The van der Waals surface area contributed by atoms with Crippen LogP contribution < -0.4 is 4.52 Å². The van der Waals surface area contributed by atoms with Gasteiger partial charge in [-0.3, -0.25) is 19.2 Å². The average molecular weight is 335 g/mol. The van der Waals surface area contributed by atoms with Crippen molar-refractivity contribution in [3.8, 4) is 5.75 Å². The molecule has 1 unspecified atom stereocenters. The van der Waals surface area contributed by atoms with E-state index in [-0.39, 0.29) is 24.1 Å². The van der Waals surface area contributed by atoms with E-state index in [9.17, 15) is 14.7 Å². The smallest absolute Gasteiger partial charge is 0.404 e. The number of phosphoric ester groups is 1. The normalized spacial score (nSPS) is 24.1. The minimum atomic E-state index is -3.77. The van der Waals surface area contributed by atoms with E-state index in [1.807, 2.05) is 30.3 Å². The van der Waals surface area contributed by atoms with Gasteiger partial charge in [0.15, 0.2) is 0 Å². The van der Waals surface area contributed by atoms with Gasteiger partial charge in [-0.25, -0.2) is 4.57 Å². The Hall–Kier alpha value is -2.21. The summed E-state index contributed by atoms with van der Waals surface area (Å²) in [5, 5.41) is 10.6. The zero-order valence-corrected chi connectivity index (χ0v) is 12.9. The molecule has 0 amide bonds. The van der Waals surface area contributed by atoms with Crippen molar-refractivity contribution in [1.82, 2.24) is 0 Å². The molecule has 2 atom stereocenters. The molecular weight excluding hydrogens is 321 g/mol. The van der Waals surface area contributed by atoms with E-state index in [4.69, 9.17) is 13.6 Å². The van der Waals surface area contributed by atoms with Crippen LogP contribution in [0, 0.1) is 10.1 Å². The van der Waals surface area contributed by atoms with E-state index in [0.29, 0.717) is 6.42 Å². The molecule has 2 aromatic rings. The molecule has 1 aliphatic rings. The van der Waals surface area contributed by atoms with Gasteiger partial charge in [0.05, 0.1) is 17.6 Å². The predicted molar refractivity (Wildman–Crippen MR) is 82.2 cm³/mol. The summed E-state index contributed by atoms with van der Waals surface area (Å²) in [5.74, 6) is 0.188. The van der Waals surface area contributed by atoms with Crippen molar-refractivity contribution in [2.24, 2.45) is 0 Å². The zero-order valence-electron chi connectivity index (χ0n) is 12.0. The third-order valence-corrected chi connectivity index (χ3v) is 4.77. The summed E-state index contributed by atoms with van der Waals surface area (Å²) < 4.78 is 28.6. The molecule has 1 aliphatic heterocycles. The maximum absolute atomic E-state index is 12.6. The van der Waals surface area contributed by atoms with Crippen LogP contribution in [0.1, 0.15) is 18.1 Å². The van der Waals surface area contributed by atoms with Gasteiger partial charge in [0.1, 0.15) is 5.75 Å². The fraction of sp³-hybridized carbons (Fsp3) is 0.200. The molecule has 0 aromatic heterocycles. The summed E-state index contributed by atoms with van der Waals surface area (Å²) in [6.07, 6.45) is 0.186. The van der Waals surface area contributed by atoms with Crippen LogP contribution in [0.5, 0.6) is 5.75 Å². The maximum Gasteiger partial charge on any atom is 0.530 e. The monoisotopic (exact) mass is 335 g/mol. The lowest BCUT2D eigenvalue weighted by atomic mass is 10.1. The first kappa shape index (κ1) is 15.7. The standard InChI is InChI=1S/C15H14NO6P/c17-16(18)13-6-8-14(9-7-13)21-23(19)20-11-10-15(22-23)12-4-2-1-3-5-12/h1-9,15H,10-11H2/t15-,23?/m1/s1. The molecule has 7 nitrogen and oxygen atoms in total. The number of nitro groups is 1. The molecule has 1 heterocycles. The fourth-order valence-corrected chi connectivity index (χ4v) is 3.62. The number of phosphoric acid groups is 1. The van der Waals surface area contributed by atoms with Gasteiger partial charge in [-0.05, 0) is 17.7 Å². The first-order valence-electron chi connectivity index (χ1n) is 6.98. The number of nitro benzene ring substituents is 1. The summed E-state index contributed by atoms with van der Waals surface area (Å²) >= 11 is 0. The van der Waals surface area contributed by atoms with Crippen LogP contribution in [0.25, 0.3) is 0 Å². The summed E-state index contributed by atoms with van der Waals surface area (Å²) in [4.78, 5) is 10.1. The predicted octanol–water partition coefficient (Wildman–Crippen LogP) is 4.26. The minimum Gasteiger partial charge on any atom is -0.404 e. The topological polar surface area (TPSA) is 87.9 Å². The molecule has 0 N–H and O–H groups in total. The quantitative estimate of drug-likeness (QED) is 0.471. The van der Waals surface area contributed by atoms with Crippen LogP contribution in [0.2, 0.25) is 0 Å². The van der Waals surface area contributed by atoms with Gasteiger partial charge in [0.2, 0.25) is 0 Å². The number of rotatable bonds is 4. The lowest BCUT2D eigenvalue weighted by Gasteiger charge is -2.28. The van der Waals surface area contributed by atoms with Gasteiger partial charge >= 0.3 is 7.82 Å². The van der Waals surface area contributed by atoms with Crippen LogP contribution in [0.15, 0.2) is 54.6 Å². The number of non-ortho nitro benzene ring substituents is 1. The van der Waals surface area contributed by atoms with Crippen molar-refractivity contribution in [3.63, 3.8) is 0 Å². The maximum atomic E-state index is 12.6. The Morgan fingerprint density at radius 2 is 1.83 bits per heavy atom. The first-order valence-corrected chi connectivity index (χ1v) is 8.44. The summed E-state index contributed by atoms with van der Waals surface area (Å²) in [6.45, 7) is 0.240. The van der Waals surface area contributed by atoms with Crippen molar-refractivity contribution < 1.29 is 23.1 Å². The zero-order chi connectivity index (χ0) is 16.3. The Labute approximate surface area is 132 Å². The Balaban J connectivity index is 1.73. The summed E-state index contributed by atoms with van der Waals surface area (Å²) in [5.41, 5.74) is 0.812. The highest BCUT2D eigenvalue weighted by Gasteiger charge is 2.37.